The van der Waals surface area contributed by atoms with E-state index < -0.39 is 11.1 Å². The average Bonchev–Trinajstić information content (AvgIpc) is 2.78. The number of ether oxygens (including phenoxy) is 1. The van der Waals surface area contributed by atoms with Crippen LogP contribution in [0.4, 0.5) is 9.59 Å². The number of unbranched alkanes of at least 4 members (excludes halogenated alkanes) is 1. The van der Waals surface area contributed by atoms with E-state index in [1.54, 1.807) is 4.90 Å². The molecule has 2 aliphatic rings. The van der Waals surface area contributed by atoms with Crippen molar-refractivity contribution in [3.05, 3.63) is 25.3 Å². The molecule has 1 aliphatic heterocycles. The smallest absolute Gasteiger partial charge is 0.410 e. The Hall–Kier alpha value is -1.98. The third kappa shape index (κ3) is 7.79. The van der Waals surface area contributed by atoms with E-state index in [2.05, 4.69) is 20.1 Å². The first-order valence-corrected chi connectivity index (χ1v) is 12.9. The molecule has 33 heavy (non-hydrogen) atoms. The Kier molecular flexibility index (Phi) is 10.3. The molecule has 1 heterocycles. The standard InChI is InChI=1S/C27H47N3O3/c1-7-10-19-30(24(31)29(18-8-2)22-23-14-12-11-13-15-23)27(9-3)16-20-28(21-17-27)25(32)33-26(4,5)6/h8-9,23H,2-3,7,10-22H2,1,4-6H3. The Labute approximate surface area is 202 Å². The molecule has 0 bridgehead atoms. The summed E-state index contributed by atoms with van der Waals surface area (Å²) in [6.07, 6.45) is 13.1. The monoisotopic (exact) mass is 461 g/mol. The first-order valence-electron chi connectivity index (χ1n) is 12.9. The maximum Gasteiger partial charge on any atom is 0.410 e. The molecule has 0 N–H and O–H groups in total. The largest absolute Gasteiger partial charge is 0.444 e. The summed E-state index contributed by atoms with van der Waals surface area (Å²) in [5, 5.41) is 0. The van der Waals surface area contributed by atoms with Gasteiger partial charge in [-0.25, -0.2) is 9.59 Å². The minimum absolute atomic E-state index is 0.0829. The number of carbonyl (C=O) groups excluding carboxylic acids is 2. The summed E-state index contributed by atoms with van der Waals surface area (Å²) in [4.78, 5) is 32.3. The summed E-state index contributed by atoms with van der Waals surface area (Å²) in [6, 6.07) is 0.0829. The van der Waals surface area contributed by atoms with E-state index in [0.29, 0.717) is 44.9 Å². The van der Waals surface area contributed by atoms with Gasteiger partial charge in [-0.15, -0.1) is 13.2 Å². The number of hydrogen-bond donors (Lipinski definition) is 0. The lowest BCUT2D eigenvalue weighted by Crippen LogP contribution is -2.60. The lowest BCUT2D eigenvalue weighted by atomic mass is 9.85. The van der Waals surface area contributed by atoms with Crippen LogP contribution in [0.5, 0.6) is 0 Å². The lowest BCUT2D eigenvalue weighted by molar-refractivity contribution is 0.00763. The van der Waals surface area contributed by atoms with Gasteiger partial charge in [-0.05, 0) is 58.8 Å². The molecule has 1 aliphatic carbocycles. The van der Waals surface area contributed by atoms with Gasteiger partial charge in [-0.1, -0.05) is 44.8 Å². The number of hydrogen-bond acceptors (Lipinski definition) is 3. The van der Waals surface area contributed by atoms with Gasteiger partial charge < -0.3 is 19.4 Å². The predicted molar refractivity (Wildman–Crippen MR) is 135 cm³/mol. The van der Waals surface area contributed by atoms with Gasteiger partial charge in [-0.2, -0.15) is 0 Å². The van der Waals surface area contributed by atoms with Crippen molar-refractivity contribution in [2.24, 2.45) is 5.92 Å². The Morgan fingerprint density at radius 1 is 1.12 bits per heavy atom. The fourth-order valence-electron chi connectivity index (χ4n) is 5.05. The van der Waals surface area contributed by atoms with Crippen LogP contribution in [0.15, 0.2) is 25.3 Å². The van der Waals surface area contributed by atoms with Gasteiger partial charge in [0.1, 0.15) is 5.60 Å². The van der Waals surface area contributed by atoms with Crippen molar-refractivity contribution >= 4 is 12.1 Å². The second kappa shape index (κ2) is 12.5. The number of carbonyl (C=O) groups is 2. The molecule has 0 atom stereocenters. The van der Waals surface area contributed by atoms with Crippen LogP contribution in [-0.2, 0) is 4.74 Å². The molecule has 6 nitrogen and oxygen atoms in total. The molecule has 2 rings (SSSR count). The third-order valence-electron chi connectivity index (χ3n) is 6.99. The van der Waals surface area contributed by atoms with E-state index >= 15 is 0 Å². The van der Waals surface area contributed by atoms with E-state index in [1.165, 1.54) is 32.1 Å². The second-order valence-corrected chi connectivity index (χ2v) is 10.8. The Balaban J connectivity index is 2.17. The maximum absolute atomic E-state index is 13.9. The zero-order valence-electron chi connectivity index (χ0n) is 21.6. The predicted octanol–water partition coefficient (Wildman–Crippen LogP) is 6.23. The highest BCUT2D eigenvalue weighted by Gasteiger charge is 2.42. The summed E-state index contributed by atoms with van der Waals surface area (Å²) in [5.74, 6) is 0.573. The molecule has 0 radical (unpaired) electrons. The van der Waals surface area contributed by atoms with E-state index in [4.69, 9.17) is 4.74 Å². The number of amides is 3. The van der Waals surface area contributed by atoms with Crippen LogP contribution in [0, 0.1) is 5.92 Å². The quantitative estimate of drug-likeness (QED) is 0.382. The summed E-state index contributed by atoms with van der Waals surface area (Å²) in [5.41, 5.74) is -0.964. The zero-order chi connectivity index (χ0) is 24.5. The Morgan fingerprint density at radius 3 is 2.27 bits per heavy atom. The molecule has 3 amide bonds. The number of piperidine rings is 1. The fraction of sp³-hybridized carbons (Fsp3) is 0.778. The normalized spacial score (nSPS) is 19.0. The molecule has 188 valence electrons. The topological polar surface area (TPSA) is 53.1 Å². The van der Waals surface area contributed by atoms with Crippen molar-refractivity contribution in [2.75, 3.05) is 32.7 Å². The molecule has 0 aromatic heterocycles. The molecule has 0 unspecified atom stereocenters. The maximum atomic E-state index is 13.9. The highest BCUT2D eigenvalue weighted by Crippen LogP contribution is 2.33. The van der Waals surface area contributed by atoms with Crippen molar-refractivity contribution in [1.29, 1.82) is 0 Å². The first kappa shape index (κ1) is 27.3. The molecule has 0 aromatic carbocycles. The van der Waals surface area contributed by atoms with Gasteiger partial charge in [0.25, 0.3) is 0 Å². The molecular weight excluding hydrogens is 414 g/mol. The summed E-state index contributed by atoms with van der Waals surface area (Å²) >= 11 is 0. The second-order valence-electron chi connectivity index (χ2n) is 10.8. The van der Waals surface area contributed by atoms with Gasteiger partial charge in [0.05, 0.1) is 5.54 Å². The number of rotatable bonds is 9. The lowest BCUT2D eigenvalue weighted by Gasteiger charge is -2.48. The van der Waals surface area contributed by atoms with Gasteiger partial charge >= 0.3 is 12.1 Å². The van der Waals surface area contributed by atoms with Crippen molar-refractivity contribution in [2.45, 2.75) is 96.6 Å². The Bertz CT molecular complexity index is 656. The van der Waals surface area contributed by atoms with Crippen LogP contribution in [0.25, 0.3) is 0 Å². The highest BCUT2D eigenvalue weighted by molar-refractivity contribution is 5.76. The summed E-state index contributed by atoms with van der Waals surface area (Å²) in [6.45, 7) is 19.0. The molecular formula is C27H47N3O3. The van der Waals surface area contributed by atoms with E-state index in [0.717, 1.165) is 19.4 Å². The molecule has 2 fully saturated rings. The molecule has 6 heteroatoms. The highest BCUT2D eigenvalue weighted by atomic mass is 16.6. The van der Waals surface area contributed by atoms with Crippen LogP contribution in [0.1, 0.15) is 85.5 Å². The van der Waals surface area contributed by atoms with Crippen molar-refractivity contribution in [3.8, 4) is 0 Å². The summed E-state index contributed by atoms with van der Waals surface area (Å²) < 4.78 is 5.57. The summed E-state index contributed by atoms with van der Waals surface area (Å²) in [7, 11) is 0. The Morgan fingerprint density at radius 2 is 1.76 bits per heavy atom. The number of likely N-dealkylation sites (tertiary alicyclic amines) is 1. The van der Waals surface area contributed by atoms with Crippen LogP contribution in [-0.4, -0.2) is 70.7 Å². The zero-order valence-corrected chi connectivity index (χ0v) is 21.6. The first-order chi connectivity index (χ1) is 15.7. The van der Waals surface area contributed by atoms with Crippen molar-refractivity contribution < 1.29 is 14.3 Å². The molecule has 1 saturated heterocycles. The van der Waals surface area contributed by atoms with E-state index in [-0.39, 0.29) is 12.1 Å². The average molecular weight is 462 g/mol. The fourth-order valence-corrected chi connectivity index (χ4v) is 5.05. The third-order valence-corrected chi connectivity index (χ3v) is 6.99. The van der Waals surface area contributed by atoms with Gasteiger partial charge in [-0.3, -0.25) is 0 Å². The molecule has 0 spiro atoms. The van der Waals surface area contributed by atoms with E-state index in [9.17, 15) is 9.59 Å². The minimum Gasteiger partial charge on any atom is -0.444 e. The van der Waals surface area contributed by atoms with Crippen LogP contribution in [0.3, 0.4) is 0 Å². The minimum atomic E-state index is -0.516. The SMILES string of the molecule is C=CCN(CC1CCCCC1)C(=O)N(CCCC)C1(C=C)CCN(C(=O)OC(C)(C)C)CC1. The number of urea groups is 1. The van der Waals surface area contributed by atoms with Gasteiger partial charge in [0, 0.05) is 32.7 Å². The van der Waals surface area contributed by atoms with E-state index in [1.807, 2.05) is 42.7 Å². The van der Waals surface area contributed by atoms with Crippen molar-refractivity contribution in [1.82, 2.24) is 14.7 Å². The molecule has 0 aromatic rings. The van der Waals surface area contributed by atoms with Crippen LogP contribution in [0.2, 0.25) is 0 Å². The van der Waals surface area contributed by atoms with Crippen molar-refractivity contribution in [3.63, 3.8) is 0 Å². The molecule has 1 saturated carbocycles. The van der Waals surface area contributed by atoms with Gasteiger partial charge in [0.15, 0.2) is 0 Å². The van der Waals surface area contributed by atoms with Gasteiger partial charge in [0.2, 0.25) is 0 Å². The number of nitrogens with zero attached hydrogens (tertiary/aromatic N) is 3. The van der Waals surface area contributed by atoms with Crippen LogP contribution < -0.4 is 0 Å². The van der Waals surface area contributed by atoms with Crippen LogP contribution >= 0.6 is 0 Å².